The third-order valence-corrected chi connectivity index (χ3v) is 6.56. The van der Waals surface area contributed by atoms with Crippen LogP contribution in [0.1, 0.15) is 70.9 Å². The summed E-state index contributed by atoms with van der Waals surface area (Å²) in [6.07, 6.45) is 0.0224. The van der Waals surface area contributed by atoms with Crippen molar-refractivity contribution in [1.82, 2.24) is 4.90 Å². The van der Waals surface area contributed by atoms with Crippen molar-refractivity contribution in [3.63, 3.8) is 0 Å². The first-order valence-electron chi connectivity index (χ1n) is 12.3. The fourth-order valence-corrected chi connectivity index (χ4v) is 4.91. The van der Waals surface area contributed by atoms with Crippen LogP contribution >= 0.6 is 0 Å². The van der Waals surface area contributed by atoms with Gasteiger partial charge < -0.3 is 4.74 Å². The summed E-state index contributed by atoms with van der Waals surface area (Å²) in [4.78, 5) is 14.9. The minimum absolute atomic E-state index is 0.0150. The molecule has 180 valence electrons. The number of carbonyl (C=O) groups excluding carboxylic acids is 1. The molecular formula is C31H39NO2. The minimum Gasteiger partial charge on any atom is -0.456 e. The number of hydrogen-bond acceptors (Lipinski definition) is 3. The number of benzene rings is 3. The van der Waals surface area contributed by atoms with E-state index < -0.39 is 0 Å². The standard InChI is InChI=1S/C31H39NO2/c1-8-30(33)34-31(28-12-10-9-11-13-28)26(7)32(19-27-17-21(2)14-22(3)18-27)20-29-24(5)15-23(4)16-25(29)6/h9-18,26,31H,8,19-20H2,1-7H3/t26-,31-/m0/s1. The second kappa shape index (κ2) is 11.5. The van der Waals surface area contributed by atoms with Crippen LogP contribution in [0.25, 0.3) is 0 Å². The van der Waals surface area contributed by atoms with E-state index in [0.717, 1.165) is 18.7 Å². The molecule has 0 aliphatic rings. The Balaban J connectivity index is 2.03. The zero-order valence-corrected chi connectivity index (χ0v) is 21.8. The molecule has 0 N–H and O–H groups in total. The van der Waals surface area contributed by atoms with E-state index in [1.165, 1.54) is 38.9 Å². The van der Waals surface area contributed by atoms with Crippen molar-refractivity contribution in [3.8, 4) is 0 Å². The molecule has 0 amide bonds. The van der Waals surface area contributed by atoms with Gasteiger partial charge in [-0.05, 0) is 69.4 Å². The summed E-state index contributed by atoms with van der Waals surface area (Å²) in [6.45, 7) is 16.4. The van der Waals surface area contributed by atoms with Gasteiger partial charge in [-0.25, -0.2) is 0 Å². The van der Waals surface area contributed by atoms with E-state index in [1.807, 2.05) is 25.1 Å². The van der Waals surface area contributed by atoms with Gasteiger partial charge in [0, 0.05) is 25.6 Å². The normalized spacial score (nSPS) is 13.1. The molecule has 34 heavy (non-hydrogen) atoms. The molecule has 3 aromatic rings. The van der Waals surface area contributed by atoms with E-state index in [-0.39, 0.29) is 18.1 Å². The largest absolute Gasteiger partial charge is 0.456 e. The zero-order valence-electron chi connectivity index (χ0n) is 21.8. The lowest BCUT2D eigenvalue weighted by atomic mass is 9.96. The molecule has 0 unspecified atom stereocenters. The average molecular weight is 458 g/mol. The fourth-order valence-electron chi connectivity index (χ4n) is 4.91. The van der Waals surface area contributed by atoms with Gasteiger partial charge in [0.05, 0.1) is 0 Å². The van der Waals surface area contributed by atoms with Crippen molar-refractivity contribution >= 4 is 5.97 Å². The number of ether oxygens (including phenoxy) is 1. The monoisotopic (exact) mass is 457 g/mol. The van der Waals surface area contributed by atoms with Crippen LogP contribution in [-0.2, 0) is 22.6 Å². The van der Waals surface area contributed by atoms with Crippen LogP contribution in [0.2, 0.25) is 0 Å². The quantitative estimate of drug-likeness (QED) is 0.315. The summed E-state index contributed by atoms with van der Waals surface area (Å²) in [6, 6.07) is 21.4. The molecule has 0 fully saturated rings. The Morgan fingerprint density at radius 2 is 1.38 bits per heavy atom. The summed E-state index contributed by atoms with van der Waals surface area (Å²) < 4.78 is 6.05. The van der Waals surface area contributed by atoms with Gasteiger partial charge in [0.15, 0.2) is 0 Å². The molecule has 3 rings (SSSR count). The van der Waals surface area contributed by atoms with Crippen LogP contribution in [0.3, 0.4) is 0 Å². The van der Waals surface area contributed by atoms with Crippen LogP contribution in [0.4, 0.5) is 0 Å². The summed E-state index contributed by atoms with van der Waals surface area (Å²) in [5.41, 5.74) is 10.1. The van der Waals surface area contributed by atoms with Gasteiger partial charge in [0.1, 0.15) is 6.10 Å². The van der Waals surface area contributed by atoms with Crippen LogP contribution < -0.4 is 0 Å². The van der Waals surface area contributed by atoms with Gasteiger partial charge in [0.2, 0.25) is 0 Å². The highest BCUT2D eigenvalue weighted by Crippen LogP contribution is 2.30. The van der Waals surface area contributed by atoms with Crippen molar-refractivity contribution in [2.75, 3.05) is 0 Å². The molecular weight excluding hydrogens is 418 g/mol. The second-order valence-corrected chi connectivity index (χ2v) is 9.69. The van der Waals surface area contributed by atoms with Crippen molar-refractivity contribution < 1.29 is 9.53 Å². The lowest BCUT2D eigenvalue weighted by Gasteiger charge is -2.35. The Hall–Kier alpha value is -2.91. The van der Waals surface area contributed by atoms with E-state index >= 15 is 0 Å². The first-order valence-corrected chi connectivity index (χ1v) is 12.3. The maximum Gasteiger partial charge on any atom is 0.306 e. The van der Waals surface area contributed by atoms with Crippen molar-refractivity contribution in [1.29, 1.82) is 0 Å². The zero-order chi connectivity index (χ0) is 24.8. The summed E-state index contributed by atoms with van der Waals surface area (Å²) in [5, 5.41) is 0. The van der Waals surface area contributed by atoms with Gasteiger partial charge in [-0.2, -0.15) is 0 Å². The maximum atomic E-state index is 12.4. The molecule has 0 aromatic heterocycles. The Morgan fingerprint density at radius 3 is 1.94 bits per heavy atom. The summed E-state index contributed by atoms with van der Waals surface area (Å²) in [7, 11) is 0. The van der Waals surface area contributed by atoms with E-state index in [4.69, 9.17) is 4.74 Å². The molecule has 0 aliphatic carbocycles. The van der Waals surface area contributed by atoms with Gasteiger partial charge >= 0.3 is 5.97 Å². The molecule has 3 nitrogen and oxygen atoms in total. The van der Waals surface area contributed by atoms with Gasteiger partial charge in [-0.3, -0.25) is 9.69 Å². The third-order valence-electron chi connectivity index (χ3n) is 6.56. The van der Waals surface area contributed by atoms with Crippen molar-refractivity contribution in [2.45, 2.75) is 80.1 Å². The van der Waals surface area contributed by atoms with E-state index in [0.29, 0.717) is 6.42 Å². The van der Waals surface area contributed by atoms with E-state index in [2.05, 4.69) is 88.9 Å². The minimum atomic E-state index is -0.342. The molecule has 3 aromatic carbocycles. The Bertz CT molecular complexity index is 1080. The number of aryl methyl sites for hydroxylation is 5. The molecule has 2 atom stereocenters. The molecule has 3 heteroatoms. The van der Waals surface area contributed by atoms with Gasteiger partial charge in [-0.1, -0.05) is 84.3 Å². The molecule has 0 aliphatic heterocycles. The molecule has 0 radical (unpaired) electrons. The van der Waals surface area contributed by atoms with E-state index in [1.54, 1.807) is 0 Å². The second-order valence-electron chi connectivity index (χ2n) is 9.69. The number of rotatable bonds is 9. The number of carbonyl (C=O) groups is 1. The molecule has 0 heterocycles. The average Bonchev–Trinajstić information content (AvgIpc) is 2.78. The number of hydrogen-bond donors (Lipinski definition) is 0. The summed E-state index contributed by atoms with van der Waals surface area (Å²) in [5.74, 6) is -0.172. The van der Waals surface area contributed by atoms with Crippen LogP contribution in [-0.4, -0.2) is 16.9 Å². The van der Waals surface area contributed by atoms with Crippen LogP contribution in [0, 0.1) is 34.6 Å². The third kappa shape index (κ3) is 6.57. The number of esters is 1. The van der Waals surface area contributed by atoms with E-state index in [9.17, 15) is 4.79 Å². The highest BCUT2D eigenvalue weighted by Gasteiger charge is 2.29. The first kappa shape index (κ1) is 25.7. The lowest BCUT2D eigenvalue weighted by molar-refractivity contribution is -0.153. The Labute approximate surface area is 205 Å². The molecule has 0 saturated carbocycles. The Kier molecular flexibility index (Phi) is 8.68. The van der Waals surface area contributed by atoms with Crippen LogP contribution in [0.5, 0.6) is 0 Å². The maximum absolute atomic E-state index is 12.4. The van der Waals surface area contributed by atoms with Crippen molar-refractivity contribution in [2.24, 2.45) is 0 Å². The van der Waals surface area contributed by atoms with Crippen molar-refractivity contribution in [3.05, 3.63) is 105 Å². The van der Waals surface area contributed by atoms with Crippen LogP contribution in [0.15, 0.2) is 60.7 Å². The SMILES string of the molecule is CCC(=O)O[C@H](c1ccccc1)[C@H](C)N(Cc1cc(C)cc(C)c1)Cc1c(C)cc(C)cc1C. The lowest BCUT2D eigenvalue weighted by Crippen LogP contribution is -2.39. The molecule has 0 bridgehead atoms. The topological polar surface area (TPSA) is 29.5 Å². The molecule has 0 spiro atoms. The molecule has 0 saturated heterocycles. The predicted molar refractivity (Wildman–Crippen MR) is 141 cm³/mol. The first-order chi connectivity index (χ1) is 16.2. The smallest absolute Gasteiger partial charge is 0.306 e. The fraction of sp³-hybridized carbons (Fsp3) is 0.387. The number of nitrogens with zero attached hydrogens (tertiary/aromatic N) is 1. The predicted octanol–water partition coefficient (Wildman–Crippen LogP) is 7.31. The highest BCUT2D eigenvalue weighted by molar-refractivity contribution is 5.69. The van der Waals surface area contributed by atoms with Gasteiger partial charge in [-0.15, -0.1) is 0 Å². The highest BCUT2D eigenvalue weighted by atomic mass is 16.5. The van der Waals surface area contributed by atoms with Gasteiger partial charge in [0.25, 0.3) is 0 Å². The Morgan fingerprint density at radius 1 is 0.824 bits per heavy atom. The summed E-state index contributed by atoms with van der Waals surface area (Å²) >= 11 is 0.